The second-order valence-corrected chi connectivity index (χ2v) is 4.69. The summed E-state index contributed by atoms with van der Waals surface area (Å²) < 4.78 is 0. The molecule has 2 aromatic rings. The number of phenols is 6. The van der Waals surface area contributed by atoms with Crippen LogP contribution in [0, 0.1) is 0 Å². The van der Waals surface area contributed by atoms with Gasteiger partial charge in [0.2, 0.25) is 11.6 Å². The van der Waals surface area contributed by atoms with Crippen molar-refractivity contribution in [3.8, 4) is 34.5 Å². The minimum absolute atomic E-state index is 0.645. The van der Waals surface area contributed by atoms with Crippen molar-refractivity contribution in [1.82, 2.24) is 0 Å². The molecular weight excluding hydrogens is 296 g/mol. The SMILES string of the molecule is O=C1c2c(O)cc(O)c(O)c2C(=O)c2c(O)cc(O)c(O)c21. The van der Waals surface area contributed by atoms with Gasteiger partial charge in [-0.25, -0.2) is 0 Å². The van der Waals surface area contributed by atoms with Crippen molar-refractivity contribution in [3.05, 3.63) is 34.4 Å². The standard InChI is InChI=1S/C14H8O8/c15-3-1-5(17)11(19)9-7(3)13(21)10-8(14(9)22)4(16)2-6(18)12(10)20/h1-2,15-20H. The van der Waals surface area contributed by atoms with Crippen LogP contribution in [0.2, 0.25) is 0 Å². The lowest BCUT2D eigenvalue weighted by Crippen LogP contribution is -2.21. The van der Waals surface area contributed by atoms with Gasteiger partial charge in [0.05, 0.1) is 22.3 Å². The smallest absolute Gasteiger partial charge is 0.202 e. The average molecular weight is 304 g/mol. The van der Waals surface area contributed by atoms with Gasteiger partial charge in [-0.15, -0.1) is 0 Å². The summed E-state index contributed by atoms with van der Waals surface area (Å²) in [5.41, 5.74) is -2.69. The largest absolute Gasteiger partial charge is 0.507 e. The van der Waals surface area contributed by atoms with Crippen molar-refractivity contribution in [2.75, 3.05) is 0 Å². The molecule has 1 aliphatic rings. The molecule has 0 spiro atoms. The third-order valence-electron chi connectivity index (χ3n) is 3.43. The summed E-state index contributed by atoms with van der Waals surface area (Å²) in [6.45, 7) is 0. The van der Waals surface area contributed by atoms with Gasteiger partial charge >= 0.3 is 0 Å². The maximum Gasteiger partial charge on any atom is 0.202 e. The molecule has 1 aliphatic carbocycles. The number of hydrogen-bond donors (Lipinski definition) is 6. The number of ketones is 2. The third-order valence-corrected chi connectivity index (χ3v) is 3.43. The van der Waals surface area contributed by atoms with Gasteiger partial charge in [0.1, 0.15) is 11.5 Å². The van der Waals surface area contributed by atoms with Crippen molar-refractivity contribution in [2.45, 2.75) is 0 Å². The van der Waals surface area contributed by atoms with Crippen LogP contribution in [0.3, 0.4) is 0 Å². The lowest BCUT2D eigenvalue weighted by Gasteiger charge is -2.21. The van der Waals surface area contributed by atoms with E-state index in [4.69, 9.17) is 0 Å². The number of benzene rings is 2. The Morgan fingerprint density at radius 3 is 1.14 bits per heavy atom. The lowest BCUT2D eigenvalue weighted by atomic mass is 9.81. The van der Waals surface area contributed by atoms with Gasteiger partial charge in [0, 0.05) is 12.1 Å². The zero-order valence-electron chi connectivity index (χ0n) is 10.7. The van der Waals surface area contributed by atoms with Crippen molar-refractivity contribution < 1.29 is 40.2 Å². The lowest BCUT2D eigenvalue weighted by molar-refractivity contribution is 0.0968. The van der Waals surface area contributed by atoms with Crippen LogP contribution >= 0.6 is 0 Å². The van der Waals surface area contributed by atoms with E-state index in [0.29, 0.717) is 12.1 Å². The van der Waals surface area contributed by atoms with Gasteiger partial charge in [-0.2, -0.15) is 0 Å². The van der Waals surface area contributed by atoms with Gasteiger partial charge < -0.3 is 30.6 Å². The molecule has 0 saturated heterocycles. The quantitative estimate of drug-likeness (QED) is 0.262. The fourth-order valence-corrected chi connectivity index (χ4v) is 2.44. The molecule has 112 valence electrons. The minimum atomic E-state index is -1.10. The molecule has 0 saturated carbocycles. The Kier molecular flexibility index (Phi) is 2.49. The van der Waals surface area contributed by atoms with Gasteiger partial charge in [-0.1, -0.05) is 0 Å². The molecule has 0 aromatic heterocycles. The predicted molar refractivity (Wildman–Crippen MR) is 69.7 cm³/mol. The van der Waals surface area contributed by atoms with Crippen LogP contribution in [0.1, 0.15) is 31.8 Å². The molecule has 8 nitrogen and oxygen atoms in total. The highest BCUT2D eigenvalue weighted by molar-refractivity contribution is 6.32. The Morgan fingerprint density at radius 1 is 0.500 bits per heavy atom. The summed E-state index contributed by atoms with van der Waals surface area (Å²) in [5.74, 6) is -7.32. The van der Waals surface area contributed by atoms with Crippen LogP contribution in [0.25, 0.3) is 0 Å². The topological polar surface area (TPSA) is 156 Å². The first-order valence-corrected chi connectivity index (χ1v) is 5.90. The van der Waals surface area contributed by atoms with Gasteiger partial charge in [-0.3, -0.25) is 9.59 Å². The second-order valence-electron chi connectivity index (χ2n) is 4.69. The number of aromatic hydroxyl groups is 6. The van der Waals surface area contributed by atoms with E-state index in [1.54, 1.807) is 0 Å². The summed E-state index contributed by atoms with van der Waals surface area (Å²) in [6.07, 6.45) is 0. The summed E-state index contributed by atoms with van der Waals surface area (Å²) >= 11 is 0. The van der Waals surface area contributed by atoms with E-state index in [1.165, 1.54) is 0 Å². The molecule has 0 fully saturated rings. The maximum atomic E-state index is 12.4. The van der Waals surface area contributed by atoms with E-state index in [2.05, 4.69) is 0 Å². The highest BCUT2D eigenvalue weighted by Crippen LogP contribution is 2.48. The van der Waals surface area contributed by atoms with Crippen molar-refractivity contribution in [1.29, 1.82) is 0 Å². The molecule has 0 bridgehead atoms. The maximum absolute atomic E-state index is 12.4. The van der Waals surface area contributed by atoms with Gasteiger partial charge in [-0.05, 0) is 0 Å². The summed E-state index contributed by atoms with van der Waals surface area (Å²) in [6, 6.07) is 1.31. The molecule has 3 rings (SSSR count). The molecule has 0 unspecified atom stereocenters. The van der Waals surface area contributed by atoms with Gasteiger partial charge in [0.25, 0.3) is 0 Å². The minimum Gasteiger partial charge on any atom is -0.507 e. The molecule has 0 atom stereocenters. The van der Waals surface area contributed by atoms with Crippen LogP contribution in [0.15, 0.2) is 12.1 Å². The number of carbonyl (C=O) groups is 2. The third kappa shape index (κ3) is 1.46. The summed E-state index contributed by atoms with van der Waals surface area (Å²) in [4.78, 5) is 24.8. The van der Waals surface area contributed by atoms with Crippen LogP contribution in [-0.4, -0.2) is 42.2 Å². The number of hydrogen-bond acceptors (Lipinski definition) is 8. The van der Waals surface area contributed by atoms with E-state index in [-0.39, 0.29) is 0 Å². The monoisotopic (exact) mass is 304 g/mol. The molecule has 22 heavy (non-hydrogen) atoms. The molecule has 8 heteroatoms. The molecule has 0 aliphatic heterocycles. The Labute approximate surface area is 121 Å². The molecule has 2 aromatic carbocycles. The van der Waals surface area contributed by atoms with E-state index in [1.807, 2.05) is 0 Å². The fourth-order valence-electron chi connectivity index (χ4n) is 2.44. The Bertz CT molecular complexity index is 808. The zero-order chi connectivity index (χ0) is 16.3. The highest BCUT2D eigenvalue weighted by Gasteiger charge is 2.40. The zero-order valence-corrected chi connectivity index (χ0v) is 10.7. The number of phenolic OH excluding ortho intramolecular Hbond substituents is 6. The second kappa shape index (κ2) is 4.04. The van der Waals surface area contributed by atoms with Crippen LogP contribution in [0.5, 0.6) is 34.5 Å². The molecule has 6 N–H and O–H groups in total. The number of carbonyl (C=O) groups excluding carboxylic acids is 2. The van der Waals surface area contributed by atoms with E-state index >= 15 is 0 Å². The molecule has 0 heterocycles. The summed E-state index contributed by atoms with van der Waals surface area (Å²) in [7, 11) is 0. The molecular formula is C14H8O8. The van der Waals surface area contributed by atoms with Crippen molar-refractivity contribution in [2.24, 2.45) is 0 Å². The average Bonchev–Trinajstić information content (AvgIpc) is 2.44. The van der Waals surface area contributed by atoms with E-state index in [0.717, 1.165) is 0 Å². The number of fused-ring (bicyclic) bond motifs is 2. The molecule has 0 amide bonds. The first kappa shape index (κ1) is 13.6. The summed E-state index contributed by atoms with van der Waals surface area (Å²) in [5, 5.41) is 57.9. The fraction of sp³-hybridized carbons (Fsp3) is 0. The predicted octanol–water partition coefficient (Wildman–Crippen LogP) is 0.696. The van der Waals surface area contributed by atoms with Crippen LogP contribution in [0.4, 0.5) is 0 Å². The van der Waals surface area contributed by atoms with Crippen LogP contribution in [-0.2, 0) is 0 Å². The molecule has 0 radical (unpaired) electrons. The van der Waals surface area contributed by atoms with E-state index in [9.17, 15) is 40.2 Å². The van der Waals surface area contributed by atoms with Crippen molar-refractivity contribution in [3.63, 3.8) is 0 Å². The Morgan fingerprint density at radius 2 is 0.818 bits per heavy atom. The van der Waals surface area contributed by atoms with Crippen molar-refractivity contribution >= 4 is 11.6 Å². The van der Waals surface area contributed by atoms with Crippen LogP contribution < -0.4 is 0 Å². The van der Waals surface area contributed by atoms with E-state index < -0.39 is 68.3 Å². The first-order valence-electron chi connectivity index (χ1n) is 5.90. The normalized spacial score (nSPS) is 12.9. The highest BCUT2D eigenvalue weighted by atomic mass is 16.3. The first-order chi connectivity index (χ1) is 10.3. The Hall–Kier alpha value is -3.42. The Balaban J connectivity index is 2.49. The number of rotatable bonds is 0. The van der Waals surface area contributed by atoms with Gasteiger partial charge in [0.15, 0.2) is 23.0 Å².